The van der Waals surface area contributed by atoms with E-state index in [0.717, 1.165) is 17.7 Å². The maximum Gasteiger partial charge on any atom is 0.247 e. The number of hydrogen-bond donors (Lipinski definition) is 1. The van der Waals surface area contributed by atoms with Crippen LogP contribution >= 0.6 is 0 Å². The molecule has 3 rings (SSSR count). The largest absolute Gasteiger partial charge is 0.497 e. The van der Waals surface area contributed by atoms with Gasteiger partial charge in [-0.3, -0.25) is 0 Å². The number of rotatable bonds is 7. The smallest absolute Gasteiger partial charge is 0.247 e. The highest BCUT2D eigenvalue weighted by atomic mass is 32.2. The van der Waals surface area contributed by atoms with Gasteiger partial charge >= 0.3 is 0 Å². The summed E-state index contributed by atoms with van der Waals surface area (Å²) in [4.78, 5) is 6.25. The first-order valence-electron chi connectivity index (χ1n) is 8.46. The Hall–Kier alpha value is -2.42. The summed E-state index contributed by atoms with van der Waals surface area (Å²) < 4.78 is 28.5. The second-order valence-electron chi connectivity index (χ2n) is 6.34. The number of benzene rings is 1. The maximum atomic E-state index is 11.7. The molecule has 1 aliphatic heterocycles. The average molecular weight is 377 g/mol. The second kappa shape index (κ2) is 7.86. The van der Waals surface area contributed by atoms with Crippen molar-refractivity contribution in [1.29, 1.82) is 0 Å². The fraction of sp³-hybridized carbons (Fsp3) is 0.471. The number of sulfone groups is 1. The van der Waals surface area contributed by atoms with Gasteiger partial charge in [0.1, 0.15) is 5.75 Å². The van der Waals surface area contributed by atoms with Crippen molar-refractivity contribution in [3.05, 3.63) is 36.0 Å². The van der Waals surface area contributed by atoms with Crippen LogP contribution < -0.4 is 15.0 Å². The number of nitrogens with zero attached hydrogens (tertiary/aromatic N) is 4. The van der Waals surface area contributed by atoms with E-state index >= 15 is 0 Å². The third-order valence-corrected chi connectivity index (χ3v) is 6.22. The van der Waals surface area contributed by atoms with Gasteiger partial charge in [-0.15, -0.1) is 5.10 Å². The summed E-state index contributed by atoms with van der Waals surface area (Å²) in [6.45, 7) is 0.687. The minimum atomic E-state index is -2.95. The average Bonchev–Trinajstić information content (AvgIpc) is 3.01. The van der Waals surface area contributed by atoms with Gasteiger partial charge in [-0.2, -0.15) is 10.1 Å². The third kappa shape index (κ3) is 4.60. The van der Waals surface area contributed by atoms with Crippen LogP contribution in [0.3, 0.4) is 0 Å². The predicted octanol–water partition coefficient (Wildman–Crippen LogP) is 1.16. The van der Waals surface area contributed by atoms with Gasteiger partial charge in [0, 0.05) is 19.6 Å². The number of hydrogen-bond acceptors (Lipinski definition) is 8. The van der Waals surface area contributed by atoms with E-state index in [1.54, 1.807) is 18.2 Å². The van der Waals surface area contributed by atoms with Gasteiger partial charge in [0.05, 0.1) is 24.8 Å². The van der Waals surface area contributed by atoms with Gasteiger partial charge in [-0.05, 0) is 30.5 Å². The van der Waals surface area contributed by atoms with E-state index in [9.17, 15) is 8.42 Å². The van der Waals surface area contributed by atoms with Crippen LogP contribution in [0.5, 0.6) is 5.75 Å². The van der Waals surface area contributed by atoms with Crippen molar-refractivity contribution < 1.29 is 13.2 Å². The maximum absolute atomic E-state index is 11.7. The third-order valence-electron chi connectivity index (χ3n) is 4.47. The van der Waals surface area contributed by atoms with Gasteiger partial charge in [0.25, 0.3) is 0 Å². The molecular formula is C17H23N5O3S. The molecule has 2 heterocycles. The van der Waals surface area contributed by atoms with Crippen LogP contribution in [0.2, 0.25) is 0 Å². The molecule has 0 radical (unpaired) electrons. The van der Waals surface area contributed by atoms with Crippen molar-refractivity contribution in [3.8, 4) is 5.75 Å². The highest BCUT2D eigenvalue weighted by Gasteiger charge is 2.31. The molecule has 1 saturated heterocycles. The van der Waals surface area contributed by atoms with Crippen LogP contribution in [-0.2, 0) is 16.3 Å². The summed E-state index contributed by atoms with van der Waals surface area (Å²) in [6, 6.07) is 7.82. The lowest BCUT2D eigenvalue weighted by atomic mass is 10.1. The zero-order valence-electron chi connectivity index (χ0n) is 14.9. The van der Waals surface area contributed by atoms with Gasteiger partial charge in [0.2, 0.25) is 5.95 Å². The number of methoxy groups -OCH3 is 1. The van der Waals surface area contributed by atoms with E-state index in [-0.39, 0.29) is 17.5 Å². The first-order chi connectivity index (χ1) is 12.5. The summed E-state index contributed by atoms with van der Waals surface area (Å²) in [5.41, 5.74) is 1.16. The Bertz CT molecular complexity index is 859. The van der Waals surface area contributed by atoms with Crippen molar-refractivity contribution in [1.82, 2.24) is 15.2 Å². The molecule has 0 spiro atoms. The van der Waals surface area contributed by atoms with E-state index in [1.807, 2.05) is 31.3 Å². The summed E-state index contributed by atoms with van der Waals surface area (Å²) in [6.07, 6.45) is 2.97. The lowest BCUT2D eigenvalue weighted by molar-refractivity contribution is 0.414. The summed E-state index contributed by atoms with van der Waals surface area (Å²) >= 11 is 0. The topological polar surface area (TPSA) is 97.3 Å². The molecule has 8 nitrogen and oxygen atoms in total. The van der Waals surface area contributed by atoms with Gasteiger partial charge < -0.3 is 15.0 Å². The zero-order chi connectivity index (χ0) is 18.6. The van der Waals surface area contributed by atoms with Crippen LogP contribution in [-0.4, -0.2) is 61.8 Å². The Labute approximate surface area is 153 Å². The molecule has 1 atom stereocenters. The lowest BCUT2D eigenvalue weighted by Gasteiger charge is -2.22. The van der Waals surface area contributed by atoms with Gasteiger partial charge in [-0.1, -0.05) is 12.1 Å². The first-order valence-corrected chi connectivity index (χ1v) is 10.3. The van der Waals surface area contributed by atoms with Crippen molar-refractivity contribution >= 4 is 21.6 Å². The molecule has 2 aromatic rings. The Morgan fingerprint density at radius 2 is 2.23 bits per heavy atom. The molecule has 1 aliphatic rings. The monoisotopic (exact) mass is 377 g/mol. The van der Waals surface area contributed by atoms with Crippen LogP contribution in [0.25, 0.3) is 0 Å². The quantitative estimate of drug-likeness (QED) is 0.768. The molecule has 9 heteroatoms. The fourth-order valence-corrected chi connectivity index (χ4v) is 4.71. The molecule has 1 unspecified atom stereocenters. The van der Waals surface area contributed by atoms with Crippen LogP contribution in [0.1, 0.15) is 12.0 Å². The van der Waals surface area contributed by atoms with Gasteiger partial charge in [0.15, 0.2) is 15.7 Å². The molecule has 0 bridgehead atoms. The summed E-state index contributed by atoms with van der Waals surface area (Å²) in [5, 5.41) is 11.2. The van der Waals surface area contributed by atoms with Crippen LogP contribution in [0, 0.1) is 0 Å². The van der Waals surface area contributed by atoms with Crippen molar-refractivity contribution in [3.63, 3.8) is 0 Å². The SMILES string of the molecule is COc1cccc(CCNc2cnnc(N(C)C3CCS(=O)(=O)C3)n2)c1. The Balaban J connectivity index is 1.58. The molecular weight excluding hydrogens is 354 g/mol. The Kier molecular flexibility index (Phi) is 5.55. The molecule has 0 amide bonds. The van der Waals surface area contributed by atoms with Crippen molar-refractivity contribution in [2.45, 2.75) is 18.9 Å². The predicted molar refractivity (Wildman–Crippen MR) is 100 cm³/mol. The number of anilines is 2. The number of aromatic nitrogens is 3. The Morgan fingerprint density at radius 3 is 2.96 bits per heavy atom. The van der Waals surface area contributed by atoms with Gasteiger partial charge in [-0.25, -0.2) is 8.42 Å². The molecule has 1 aromatic carbocycles. The van der Waals surface area contributed by atoms with E-state index in [2.05, 4.69) is 20.5 Å². The van der Waals surface area contributed by atoms with E-state index in [4.69, 9.17) is 4.74 Å². The molecule has 1 fully saturated rings. The number of nitrogens with one attached hydrogen (secondary N) is 1. The van der Waals surface area contributed by atoms with E-state index < -0.39 is 9.84 Å². The highest BCUT2D eigenvalue weighted by Crippen LogP contribution is 2.20. The van der Waals surface area contributed by atoms with Crippen LogP contribution in [0.4, 0.5) is 11.8 Å². The standard InChI is InChI=1S/C17H23N5O3S/c1-22(14-7-9-26(23,24)12-14)17-20-16(11-19-21-17)18-8-6-13-4-3-5-15(10-13)25-2/h3-5,10-11,14H,6-9,12H2,1-2H3,(H,18,20,21). The molecule has 0 aliphatic carbocycles. The van der Waals surface area contributed by atoms with Crippen molar-refractivity contribution in [2.24, 2.45) is 0 Å². The Morgan fingerprint density at radius 1 is 1.38 bits per heavy atom. The summed E-state index contributed by atoms with van der Waals surface area (Å²) in [7, 11) is 0.506. The molecule has 26 heavy (non-hydrogen) atoms. The molecule has 1 aromatic heterocycles. The molecule has 0 saturated carbocycles. The normalized spacial score (nSPS) is 18.5. The second-order valence-corrected chi connectivity index (χ2v) is 8.57. The van der Waals surface area contributed by atoms with Crippen LogP contribution in [0.15, 0.2) is 30.5 Å². The molecule has 1 N–H and O–H groups in total. The number of ether oxygens (including phenoxy) is 1. The van der Waals surface area contributed by atoms with E-state index in [0.29, 0.717) is 24.7 Å². The summed E-state index contributed by atoms with van der Waals surface area (Å²) in [5.74, 6) is 2.24. The highest BCUT2D eigenvalue weighted by molar-refractivity contribution is 7.91. The van der Waals surface area contributed by atoms with Crippen molar-refractivity contribution in [2.75, 3.05) is 42.4 Å². The minimum Gasteiger partial charge on any atom is -0.497 e. The molecule has 140 valence electrons. The lowest BCUT2D eigenvalue weighted by Crippen LogP contribution is -2.34. The first kappa shape index (κ1) is 18.4. The van der Waals surface area contributed by atoms with E-state index in [1.165, 1.54) is 0 Å². The fourth-order valence-electron chi connectivity index (χ4n) is 2.94. The minimum absolute atomic E-state index is 0.103. The zero-order valence-corrected chi connectivity index (χ0v) is 15.7.